The van der Waals surface area contributed by atoms with Crippen LogP contribution in [0, 0.1) is 17.7 Å². The smallest absolute Gasteiger partial charge is 0.204 e. The Morgan fingerprint density at radius 3 is 2.41 bits per heavy atom. The lowest BCUT2D eigenvalue weighted by Crippen LogP contribution is -2.45. The Hall–Kier alpha value is -2.24. The van der Waals surface area contributed by atoms with Crippen LogP contribution in [0.3, 0.4) is 0 Å². The summed E-state index contributed by atoms with van der Waals surface area (Å²) in [5.74, 6) is 0.0264. The minimum atomic E-state index is -0.209. The quantitative estimate of drug-likeness (QED) is 0.429. The van der Waals surface area contributed by atoms with Crippen molar-refractivity contribution in [2.24, 2.45) is 5.73 Å². The van der Waals surface area contributed by atoms with E-state index in [2.05, 4.69) is 0 Å². The summed E-state index contributed by atoms with van der Waals surface area (Å²) in [6.45, 7) is 1.77. The van der Waals surface area contributed by atoms with Gasteiger partial charge in [-0.1, -0.05) is 6.07 Å². The lowest BCUT2D eigenvalue weighted by Gasteiger charge is -2.27. The van der Waals surface area contributed by atoms with E-state index in [-0.39, 0.29) is 17.7 Å². The van der Waals surface area contributed by atoms with Crippen LogP contribution in [-0.2, 0) is 0 Å². The summed E-state index contributed by atoms with van der Waals surface area (Å²) in [7, 11) is 3.23. The van der Waals surface area contributed by atoms with E-state index in [1.807, 2.05) is 0 Å². The number of benzene rings is 1. The summed E-state index contributed by atoms with van der Waals surface area (Å²) in [5.41, 5.74) is 6.69. The number of hydrogen-bond donors (Lipinski definition) is 4. The van der Waals surface area contributed by atoms with Crippen LogP contribution in [0.25, 0.3) is 0 Å². The van der Waals surface area contributed by atoms with E-state index in [1.165, 1.54) is 4.90 Å². The van der Waals surface area contributed by atoms with Crippen molar-refractivity contribution in [3.63, 3.8) is 0 Å². The van der Waals surface area contributed by atoms with Gasteiger partial charge >= 0.3 is 0 Å². The molecule has 17 heavy (non-hydrogen) atoms. The normalized spacial score (nSPS) is 9.82. The van der Waals surface area contributed by atoms with Crippen LogP contribution in [0.1, 0.15) is 5.56 Å². The third kappa shape index (κ3) is 2.47. The molecule has 6 heteroatoms. The molecule has 6 nitrogen and oxygen atoms in total. The molecule has 0 saturated heterocycles. The number of hydrogen-bond acceptors (Lipinski definition) is 3. The minimum absolute atomic E-state index is 0.0613. The van der Waals surface area contributed by atoms with E-state index < -0.39 is 0 Å². The fourth-order valence-corrected chi connectivity index (χ4v) is 1.43. The highest BCUT2D eigenvalue weighted by Gasteiger charge is 2.16. The molecule has 1 rings (SSSR count). The van der Waals surface area contributed by atoms with Gasteiger partial charge in [-0.3, -0.25) is 15.7 Å². The largest absolute Gasteiger partial charge is 0.508 e. The molecule has 0 aliphatic carbocycles. The van der Waals surface area contributed by atoms with Crippen LogP contribution in [-0.4, -0.2) is 36.0 Å². The molecule has 0 atom stereocenters. The van der Waals surface area contributed by atoms with Crippen molar-refractivity contribution in [3.05, 3.63) is 23.8 Å². The van der Waals surface area contributed by atoms with Crippen LogP contribution in [0.4, 0.5) is 5.69 Å². The van der Waals surface area contributed by atoms with Crippen molar-refractivity contribution in [1.82, 2.24) is 4.90 Å². The van der Waals surface area contributed by atoms with Gasteiger partial charge in [0.15, 0.2) is 5.96 Å². The number of anilines is 1. The molecule has 0 radical (unpaired) electrons. The van der Waals surface area contributed by atoms with E-state index in [0.29, 0.717) is 11.3 Å². The highest BCUT2D eigenvalue weighted by atomic mass is 16.3. The fourth-order valence-electron chi connectivity index (χ4n) is 1.43. The predicted molar refractivity (Wildman–Crippen MR) is 68.7 cm³/mol. The summed E-state index contributed by atoms with van der Waals surface area (Å²) < 4.78 is 0. The minimum Gasteiger partial charge on any atom is -0.508 e. The van der Waals surface area contributed by atoms with E-state index >= 15 is 0 Å². The molecule has 0 aromatic heterocycles. The molecule has 0 aliphatic rings. The Bertz CT molecular complexity index is 457. The zero-order chi connectivity index (χ0) is 13.2. The Labute approximate surface area is 100 Å². The lowest BCUT2D eigenvalue weighted by molar-refractivity contribution is 0.471. The van der Waals surface area contributed by atoms with Crippen LogP contribution >= 0.6 is 0 Å². The number of nitrogens with zero attached hydrogens (tertiary/aromatic N) is 2. The van der Waals surface area contributed by atoms with Crippen molar-refractivity contribution in [1.29, 1.82) is 10.8 Å². The first-order valence-corrected chi connectivity index (χ1v) is 5.05. The molecule has 92 valence electrons. The Kier molecular flexibility index (Phi) is 3.57. The maximum atomic E-state index is 9.60. The molecule has 5 N–H and O–H groups in total. The van der Waals surface area contributed by atoms with Gasteiger partial charge in [0.1, 0.15) is 5.75 Å². The Balaban J connectivity index is 3.05. The van der Waals surface area contributed by atoms with Crippen LogP contribution in [0.5, 0.6) is 5.75 Å². The summed E-state index contributed by atoms with van der Waals surface area (Å²) in [6.07, 6.45) is 0. The van der Waals surface area contributed by atoms with Gasteiger partial charge in [0, 0.05) is 19.7 Å². The van der Waals surface area contributed by atoms with Crippen molar-refractivity contribution < 1.29 is 5.11 Å². The number of guanidine groups is 2. The van der Waals surface area contributed by atoms with Gasteiger partial charge in [-0.25, -0.2) is 0 Å². The third-order valence-electron chi connectivity index (χ3n) is 2.63. The Morgan fingerprint density at radius 2 is 1.88 bits per heavy atom. The molecular formula is C11H17N5O. The third-order valence-corrected chi connectivity index (χ3v) is 2.63. The van der Waals surface area contributed by atoms with E-state index in [1.54, 1.807) is 44.1 Å². The lowest BCUT2D eigenvalue weighted by atomic mass is 10.1. The number of nitrogens with one attached hydrogen (secondary N) is 2. The van der Waals surface area contributed by atoms with Crippen LogP contribution < -0.4 is 10.6 Å². The molecule has 0 saturated carbocycles. The molecule has 0 bridgehead atoms. The maximum absolute atomic E-state index is 9.60. The highest BCUT2D eigenvalue weighted by Crippen LogP contribution is 2.26. The molecule has 0 aliphatic heterocycles. The summed E-state index contributed by atoms with van der Waals surface area (Å²) >= 11 is 0. The van der Waals surface area contributed by atoms with E-state index in [4.69, 9.17) is 16.6 Å². The monoisotopic (exact) mass is 235 g/mol. The van der Waals surface area contributed by atoms with Gasteiger partial charge in [-0.15, -0.1) is 0 Å². The van der Waals surface area contributed by atoms with Crippen molar-refractivity contribution in [2.45, 2.75) is 6.92 Å². The molecular weight excluding hydrogens is 218 g/mol. The maximum Gasteiger partial charge on any atom is 0.204 e. The number of rotatable bonds is 1. The summed E-state index contributed by atoms with van der Waals surface area (Å²) in [6, 6.07) is 5.08. The second-order valence-corrected chi connectivity index (χ2v) is 3.75. The van der Waals surface area contributed by atoms with Gasteiger partial charge < -0.3 is 15.7 Å². The van der Waals surface area contributed by atoms with Crippen molar-refractivity contribution in [3.8, 4) is 5.75 Å². The molecule has 0 fully saturated rings. The molecule has 0 spiro atoms. The highest BCUT2D eigenvalue weighted by molar-refractivity contribution is 6.03. The second-order valence-electron chi connectivity index (χ2n) is 3.75. The average molecular weight is 235 g/mol. The number of nitrogens with two attached hydrogens (primary N) is 1. The SMILES string of the molecule is Cc1c(O)cccc1N(C)C(=N)N(C)C(=N)N. The van der Waals surface area contributed by atoms with Gasteiger partial charge in [0.25, 0.3) is 0 Å². The fraction of sp³-hybridized carbons (Fsp3) is 0.273. The average Bonchev–Trinajstić information content (AvgIpc) is 2.29. The zero-order valence-corrected chi connectivity index (χ0v) is 10.2. The first kappa shape index (κ1) is 12.8. The van der Waals surface area contributed by atoms with Gasteiger partial charge in [0.2, 0.25) is 5.96 Å². The molecule has 0 unspecified atom stereocenters. The second kappa shape index (κ2) is 4.73. The van der Waals surface area contributed by atoms with Gasteiger partial charge in [0.05, 0.1) is 5.69 Å². The molecule has 1 aromatic rings. The van der Waals surface area contributed by atoms with Gasteiger partial charge in [-0.2, -0.15) is 0 Å². The van der Waals surface area contributed by atoms with E-state index in [0.717, 1.165) is 0 Å². The van der Waals surface area contributed by atoms with Crippen molar-refractivity contribution in [2.75, 3.05) is 19.0 Å². The molecule has 1 aromatic carbocycles. The van der Waals surface area contributed by atoms with Crippen LogP contribution in [0.2, 0.25) is 0 Å². The van der Waals surface area contributed by atoms with Crippen molar-refractivity contribution >= 4 is 17.6 Å². The predicted octanol–water partition coefficient (Wildman–Crippen LogP) is 0.897. The molecule has 0 amide bonds. The first-order valence-electron chi connectivity index (χ1n) is 5.05. The Morgan fingerprint density at radius 1 is 1.29 bits per heavy atom. The topological polar surface area (TPSA) is 100 Å². The number of phenols is 1. The molecule has 0 heterocycles. The van der Waals surface area contributed by atoms with E-state index in [9.17, 15) is 5.11 Å². The number of aromatic hydroxyl groups is 1. The van der Waals surface area contributed by atoms with Crippen LogP contribution in [0.15, 0.2) is 18.2 Å². The zero-order valence-electron chi connectivity index (χ0n) is 10.2. The number of phenolic OH excluding ortho intramolecular Hbond substituents is 1. The first-order chi connectivity index (χ1) is 7.86. The van der Waals surface area contributed by atoms with Gasteiger partial charge in [-0.05, 0) is 19.1 Å². The summed E-state index contributed by atoms with van der Waals surface area (Å²) in [5, 5.41) is 24.8. The standard InChI is InChI=1S/C11H17N5O/c1-7-8(5-4-6-9(7)17)15(2)11(14)16(3)10(12)13/h4-6,14,17H,1-3H3,(H3,12,13). The summed E-state index contributed by atoms with van der Waals surface area (Å²) in [4.78, 5) is 2.79.